The molecule has 6 rings (SSSR count). The van der Waals surface area contributed by atoms with E-state index in [0.29, 0.717) is 0 Å². The van der Waals surface area contributed by atoms with Crippen molar-refractivity contribution in [1.29, 1.82) is 0 Å². The number of aromatic nitrogens is 2. The predicted molar refractivity (Wildman–Crippen MR) is 134 cm³/mol. The average molecular weight is 433 g/mol. The maximum Gasteiger partial charge on any atom is 0.0497 e. The summed E-state index contributed by atoms with van der Waals surface area (Å²) in [5, 5.41) is 3.07. The Balaban J connectivity index is 1.71. The van der Waals surface area contributed by atoms with Crippen molar-refractivity contribution in [2.45, 2.75) is 5.92 Å². The minimum atomic E-state index is 0.0623. The molecule has 2 nitrogen and oxygen atoms in total. The smallest absolute Gasteiger partial charge is 0.0497 e. The normalized spacial score (nSPS) is 11.6. The van der Waals surface area contributed by atoms with E-state index in [4.69, 9.17) is 11.6 Å². The second-order valence-corrected chi connectivity index (χ2v) is 8.54. The lowest BCUT2D eigenvalue weighted by Gasteiger charge is -2.19. The van der Waals surface area contributed by atoms with Crippen LogP contribution in [0.4, 0.5) is 0 Å². The van der Waals surface area contributed by atoms with Gasteiger partial charge in [0.05, 0.1) is 0 Å². The van der Waals surface area contributed by atoms with Crippen molar-refractivity contribution in [1.82, 2.24) is 9.97 Å². The molecule has 0 radical (unpaired) electrons. The maximum atomic E-state index is 6.47. The van der Waals surface area contributed by atoms with E-state index in [9.17, 15) is 0 Å². The Labute approximate surface area is 191 Å². The van der Waals surface area contributed by atoms with Crippen LogP contribution in [-0.4, -0.2) is 9.97 Å². The molecule has 0 atom stereocenters. The Hall–Kier alpha value is -3.75. The molecule has 154 valence electrons. The van der Waals surface area contributed by atoms with Crippen LogP contribution in [0.15, 0.2) is 109 Å². The highest BCUT2D eigenvalue weighted by Crippen LogP contribution is 2.44. The number of benzene rings is 4. The summed E-state index contributed by atoms with van der Waals surface area (Å²) in [6, 6.07) is 35.9. The third-order valence-electron chi connectivity index (χ3n) is 6.20. The molecule has 0 saturated carbocycles. The number of hydrogen-bond donors (Lipinski definition) is 2. The first-order valence-corrected chi connectivity index (χ1v) is 11.1. The second kappa shape index (κ2) is 7.74. The van der Waals surface area contributed by atoms with Crippen molar-refractivity contribution in [2.24, 2.45) is 0 Å². The van der Waals surface area contributed by atoms with Gasteiger partial charge >= 0.3 is 0 Å². The van der Waals surface area contributed by atoms with E-state index in [2.05, 4.69) is 113 Å². The van der Waals surface area contributed by atoms with Crippen LogP contribution in [0.2, 0.25) is 5.02 Å². The highest BCUT2D eigenvalue weighted by atomic mass is 35.5. The van der Waals surface area contributed by atoms with Crippen LogP contribution < -0.4 is 0 Å². The molecule has 6 aromatic rings. The molecule has 0 amide bonds. The van der Waals surface area contributed by atoms with Crippen LogP contribution in [0.5, 0.6) is 0 Å². The van der Waals surface area contributed by atoms with E-state index < -0.39 is 0 Å². The van der Waals surface area contributed by atoms with Gasteiger partial charge in [0.15, 0.2) is 0 Å². The van der Waals surface area contributed by atoms with Gasteiger partial charge in [-0.2, -0.15) is 0 Å². The Morgan fingerprint density at radius 1 is 0.625 bits per heavy atom. The number of aromatic amines is 2. The van der Waals surface area contributed by atoms with Crippen molar-refractivity contribution >= 4 is 33.4 Å². The predicted octanol–water partition coefficient (Wildman–Crippen LogP) is 8.15. The summed E-state index contributed by atoms with van der Waals surface area (Å²) in [5.74, 6) is 0.0623. The topological polar surface area (TPSA) is 31.6 Å². The fraction of sp³-hybridized carbons (Fsp3) is 0.0345. The number of para-hydroxylation sites is 1. The first-order valence-electron chi connectivity index (χ1n) is 10.8. The summed E-state index contributed by atoms with van der Waals surface area (Å²) in [6.45, 7) is 0. The molecule has 0 spiro atoms. The molecule has 4 aromatic carbocycles. The number of nitrogens with one attached hydrogen (secondary N) is 2. The summed E-state index contributed by atoms with van der Waals surface area (Å²) in [5.41, 5.74) is 8.25. The van der Waals surface area contributed by atoms with Crippen LogP contribution in [-0.2, 0) is 0 Å². The van der Waals surface area contributed by atoms with E-state index in [1.54, 1.807) is 0 Å². The standard InChI is InChI=1S/C29H21ClN2/c30-21-15-16-26-23(17-21)28(24-18-31-25-14-8-7-13-22(24)25)29(32-26)27(19-9-3-1-4-10-19)20-11-5-2-6-12-20/h1-18,27,31-32H. The fourth-order valence-electron chi connectivity index (χ4n) is 4.79. The van der Waals surface area contributed by atoms with Crippen molar-refractivity contribution in [2.75, 3.05) is 0 Å². The summed E-state index contributed by atoms with van der Waals surface area (Å²) >= 11 is 6.47. The Morgan fingerprint density at radius 2 is 1.28 bits per heavy atom. The van der Waals surface area contributed by atoms with Gasteiger partial charge < -0.3 is 9.97 Å². The zero-order valence-corrected chi connectivity index (χ0v) is 18.1. The van der Waals surface area contributed by atoms with Crippen LogP contribution in [0.25, 0.3) is 32.9 Å². The molecule has 2 N–H and O–H groups in total. The monoisotopic (exact) mass is 432 g/mol. The van der Waals surface area contributed by atoms with Gasteiger partial charge in [-0.3, -0.25) is 0 Å². The summed E-state index contributed by atoms with van der Waals surface area (Å²) < 4.78 is 0. The molecule has 3 heteroatoms. The Morgan fingerprint density at radius 3 is 2.00 bits per heavy atom. The lowest BCUT2D eigenvalue weighted by atomic mass is 9.85. The van der Waals surface area contributed by atoms with E-state index in [0.717, 1.165) is 21.4 Å². The molecule has 32 heavy (non-hydrogen) atoms. The van der Waals surface area contributed by atoms with Crippen LogP contribution in [0, 0.1) is 0 Å². The molecular weight excluding hydrogens is 412 g/mol. The van der Waals surface area contributed by atoms with Gasteiger partial charge in [0.25, 0.3) is 0 Å². The largest absolute Gasteiger partial charge is 0.361 e. The average Bonchev–Trinajstić information content (AvgIpc) is 3.41. The molecule has 2 heterocycles. The van der Waals surface area contributed by atoms with Crippen LogP contribution in [0.3, 0.4) is 0 Å². The molecule has 2 aromatic heterocycles. The highest BCUT2D eigenvalue weighted by molar-refractivity contribution is 6.31. The first-order chi connectivity index (χ1) is 15.8. The van der Waals surface area contributed by atoms with Gasteiger partial charge in [0, 0.05) is 55.8 Å². The second-order valence-electron chi connectivity index (χ2n) is 8.11. The Bertz CT molecular complexity index is 1490. The highest BCUT2D eigenvalue weighted by Gasteiger charge is 2.25. The van der Waals surface area contributed by atoms with E-state index in [1.807, 2.05) is 6.07 Å². The van der Waals surface area contributed by atoms with Crippen molar-refractivity contribution < 1.29 is 0 Å². The fourth-order valence-corrected chi connectivity index (χ4v) is 4.96. The molecular formula is C29H21ClN2. The minimum absolute atomic E-state index is 0.0623. The maximum absolute atomic E-state index is 6.47. The Kier molecular flexibility index (Phi) is 4.59. The van der Waals surface area contributed by atoms with E-state index >= 15 is 0 Å². The van der Waals surface area contributed by atoms with Crippen LogP contribution in [0.1, 0.15) is 22.7 Å². The zero-order valence-electron chi connectivity index (χ0n) is 17.3. The molecule has 0 unspecified atom stereocenters. The molecule has 0 bridgehead atoms. The number of hydrogen-bond acceptors (Lipinski definition) is 0. The zero-order chi connectivity index (χ0) is 21.5. The molecule has 0 aliphatic rings. The van der Waals surface area contributed by atoms with Crippen LogP contribution >= 0.6 is 11.6 Å². The molecule has 0 aliphatic heterocycles. The summed E-state index contributed by atoms with van der Waals surface area (Å²) in [6.07, 6.45) is 2.12. The third-order valence-corrected chi connectivity index (χ3v) is 6.44. The lowest BCUT2D eigenvalue weighted by Crippen LogP contribution is -2.05. The van der Waals surface area contributed by atoms with Crippen molar-refractivity contribution in [3.05, 3.63) is 131 Å². The third kappa shape index (κ3) is 3.12. The quantitative estimate of drug-likeness (QED) is 0.281. The molecule has 0 fully saturated rings. The van der Waals surface area contributed by atoms with E-state index in [1.165, 1.54) is 33.3 Å². The number of halogens is 1. The van der Waals surface area contributed by atoms with Gasteiger partial charge in [-0.05, 0) is 35.4 Å². The number of rotatable bonds is 4. The lowest BCUT2D eigenvalue weighted by molar-refractivity contribution is 0.941. The minimum Gasteiger partial charge on any atom is -0.361 e. The number of fused-ring (bicyclic) bond motifs is 2. The molecule has 0 saturated heterocycles. The summed E-state index contributed by atoms with van der Waals surface area (Å²) in [7, 11) is 0. The van der Waals surface area contributed by atoms with Crippen molar-refractivity contribution in [3.63, 3.8) is 0 Å². The first kappa shape index (κ1) is 19.0. The summed E-state index contributed by atoms with van der Waals surface area (Å²) in [4.78, 5) is 7.22. The van der Waals surface area contributed by atoms with Gasteiger partial charge in [-0.25, -0.2) is 0 Å². The SMILES string of the molecule is Clc1ccc2[nH]c(C(c3ccccc3)c3ccccc3)c(-c3c[nH]c4ccccc34)c2c1. The van der Waals surface area contributed by atoms with Crippen molar-refractivity contribution in [3.8, 4) is 11.1 Å². The van der Waals surface area contributed by atoms with Gasteiger partial charge in [0.2, 0.25) is 0 Å². The van der Waals surface area contributed by atoms with Gasteiger partial charge in [-0.15, -0.1) is 0 Å². The molecule has 0 aliphatic carbocycles. The van der Waals surface area contributed by atoms with Gasteiger partial charge in [-0.1, -0.05) is 90.5 Å². The van der Waals surface area contributed by atoms with E-state index in [-0.39, 0.29) is 5.92 Å². The number of H-pyrrole nitrogens is 2. The van der Waals surface area contributed by atoms with Gasteiger partial charge in [0.1, 0.15) is 0 Å².